The van der Waals surface area contributed by atoms with Gasteiger partial charge in [0.15, 0.2) is 11.6 Å². The van der Waals surface area contributed by atoms with Crippen molar-refractivity contribution in [3.63, 3.8) is 0 Å². The van der Waals surface area contributed by atoms with Gasteiger partial charge in [-0.3, -0.25) is 0 Å². The van der Waals surface area contributed by atoms with Gasteiger partial charge in [-0.05, 0) is 31.0 Å². The number of anilines is 1. The van der Waals surface area contributed by atoms with Crippen LogP contribution in [0.15, 0.2) is 18.2 Å². The van der Waals surface area contributed by atoms with Gasteiger partial charge in [0.05, 0.1) is 0 Å². The van der Waals surface area contributed by atoms with E-state index in [-0.39, 0.29) is 0 Å². The molecule has 2 aromatic rings. The lowest BCUT2D eigenvalue weighted by atomic mass is 10.1. The Morgan fingerprint density at radius 1 is 1.14 bits per heavy atom. The van der Waals surface area contributed by atoms with Gasteiger partial charge in [0, 0.05) is 18.5 Å². The van der Waals surface area contributed by atoms with Gasteiger partial charge in [0.25, 0.3) is 0 Å². The van der Waals surface area contributed by atoms with E-state index in [1.165, 1.54) is 6.07 Å². The Hall–Kier alpha value is -1.91. The van der Waals surface area contributed by atoms with E-state index in [2.05, 4.69) is 18.8 Å². The minimum atomic E-state index is -0.882. The first-order valence-electron chi connectivity index (χ1n) is 7.38. The van der Waals surface area contributed by atoms with Gasteiger partial charge in [-0.2, -0.15) is 0 Å². The Bertz CT molecular complexity index is 620. The maximum absolute atomic E-state index is 13.4. The van der Waals surface area contributed by atoms with Crippen LogP contribution in [-0.2, 0) is 13.0 Å². The van der Waals surface area contributed by atoms with Crippen LogP contribution in [0.1, 0.15) is 38.9 Å². The Morgan fingerprint density at radius 3 is 2.52 bits per heavy atom. The number of hydrogen-bond acceptors (Lipinski definition) is 2. The number of nitrogens with two attached hydrogens (primary N) is 1. The van der Waals surface area contributed by atoms with E-state index >= 15 is 0 Å². The summed E-state index contributed by atoms with van der Waals surface area (Å²) < 4.78 is 28.4. The third-order valence-corrected chi connectivity index (χ3v) is 3.49. The minimum absolute atomic E-state index is 0.513. The van der Waals surface area contributed by atoms with Crippen LogP contribution in [0.2, 0.25) is 0 Å². The van der Waals surface area contributed by atoms with Crippen LogP contribution < -0.4 is 5.73 Å². The summed E-state index contributed by atoms with van der Waals surface area (Å²) in [4.78, 5) is 4.54. The molecule has 0 spiro atoms. The molecule has 0 saturated carbocycles. The van der Waals surface area contributed by atoms with E-state index in [1.807, 2.05) is 4.57 Å². The van der Waals surface area contributed by atoms with Crippen molar-refractivity contribution in [1.29, 1.82) is 0 Å². The van der Waals surface area contributed by atoms with Gasteiger partial charge in [0.2, 0.25) is 0 Å². The summed E-state index contributed by atoms with van der Waals surface area (Å²) >= 11 is 0. The van der Waals surface area contributed by atoms with Crippen LogP contribution >= 0.6 is 0 Å². The van der Waals surface area contributed by atoms with Crippen molar-refractivity contribution in [3.8, 4) is 11.3 Å². The average molecular weight is 293 g/mol. The summed E-state index contributed by atoms with van der Waals surface area (Å²) in [6.45, 7) is 4.99. The van der Waals surface area contributed by atoms with Crippen LogP contribution in [0.5, 0.6) is 0 Å². The first-order chi connectivity index (χ1) is 10.1. The van der Waals surface area contributed by atoms with Crippen molar-refractivity contribution in [3.05, 3.63) is 35.7 Å². The zero-order valence-electron chi connectivity index (χ0n) is 12.5. The number of hydrogen-bond donors (Lipinski definition) is 1. The summed E-state index contributed by atoms with van der Waals surface area (Å²) in [5, 5.41) is 0. The van der Waals surface area contributed by atoms with Gasteiger partial charge in [-0.15, -0.1) is 0 Å². The number of benzene rings is 1. The van der Waals surface area contributed by atoms with Crippen molar-refractivity contribution in [1.82, 2.24) is 9.55 Å². The number of imidazole rings is 1. The van der Waals surface area contributed by atoms with Crippen molar-refractivity contribution >= 4 is 5.82 Å². The summed E-state index contributed by atoms with van der Waals surface area (Å²) in [5.74, 6) is -0.315. The summed E-state index contributed by atoms with van der Waals surface area (Å²) in [5.41, 5.74) is 7.23. The molecule has 2 rings (SSSR count). The molecule has 1 aromatic heterocycles. The Morgan fingerprint density at radius 2 is 1.90 bits per heavy atom. The summed E-state index contributed by atoms with van der Waals surface area (Å²) in [6.07, 6.45) is 3.84. The normalized spacial score (nSPS) is 11.0. The second kappa shape index (κ2) is 6.70. The molecule has 3 nitrogen and oxygen atoms in total. The van der Waals surface area contributed by atoms with Gasteiger partial charge < -0.3 is 10.3 Å². The van der Waals surface area contributed by atoms with E-state index in [0.29, 0.717) is 17.1 Å². The largest absolute Gasteiger partial charge is 0.383 e. The standard InChI is InChI=1S/C16H21F2N3/c1-3-5-9-21-14(6-4-2)20-15(16(21)19)11-7-8-12(17)13(18)10-11/h7-8,10H,3-6,9,19H2,1-2H3. The fourth-order valence-electron chi connectivity index (χ4n) is 2.35. The lowest BCUT2D eigenvalue weighted by Gasteiger charge is -2.08. The molecule has 0 radical (unpaired) electrons. The molecule has 0 aliphatic rings. The molecule has 1 heterocycles. The monoisotopic (exact) mass is 293 g/mol. The van der Waals surface area contributed by atoms with E-state index < -0.39 is 11.6 Å². The molecule has 0 saturated heterocycles. The summed E-state index contributed by atoms with van der Waals surface area (Å²) in [6, 6.07) is 3.76. The van der Waals surface area contributed by atoms with Crippen molar-refractivity contribution in [2.24, 2.45) is 0 Å². The first kappa shape index (κ1) is 15.5. The lowest BCUT2D eigenvalue weighted by Crippen LogP contribution is -2.07. The number of rotatable bonds is 6. The first-order valence-corrected chi connectivity index (χ1v) is 7.38. The highest BCUT2D eigenvalue weighted by Gasteiger charge is 2.16. The quantitative estimate of drug-likeness (QED) is 0.869. The fourth-order valence-corrected chi connectivity index (χ4v) is 2.35. The molecular formula is C16H21F2N3. The molecule has 1 aromatic carbocycles. The molecule has 2 N–H and O–H groups in total. The molecule has 114 valence electrons. The predicted molar refractivity (Wildman–Crippen MR) is 80.9 cm³/mol. The minimum Gasteiger partial charge on any atom is -0.383 e. The predicted octanol–water partition coefficient (Wildman–Crippen LogP) is 4.16. The molecule has 0 aliphatic carbocycles. The summed E-state index contributed by atoms with van der Waals surface area (Å²) in [7, 11) is 0. The van der Waals surface area contributed by atoms with E-state index in [4.69, 9.17) is 5.73 Å². The Balaban J connectivity index is 2.45. The third-order valence-electron chi connectivity index (χ3n) is 3.49. The van der Waals surface area contributed by atoms with Gasteiger partial charge >= 0.3 is 0 Å². The van der Waals surface area contributed by atoms with Crippen LogP contribution in [0.4, 0.5) is 14.6 Å². The van der Waals surface area contributed by atoms with Crippen LogP contribution in [0.25, 0.3) is 11.3 Å². The highest BCUT2D eigenvalue weighted by atomic mass is 19.2. The number of nitrogen functional groups attached to an aromatic ring is 1. The van der Waals surface area contributed by atoms with Gasteiger partial charge in [-0.1, -0.05) is 20.3 Å². The lowest BCUT2D eigenvalue weighted by molar-refractivity contribution is 0.509. The zero-order chi connectivity index (χ0) is 15.4. The van der Waals surface area contributed by atoms with Crippen LogP contribution in [0.3, 0.4) is 0 Å². The molecule has 21 heavy (non-hydrogen) atoms. The number of aromatic nitrogens is 2. The number of aryl methyl sites for hydroxylation is 1. The van der Waals surface area contributed by atoms with Gasteiger partial charge in [-0.25, -0.2) is 13.8 Å². The van der Waals surface area contributed by atoms with Crippen LogP contribution in [0, 0.1) is 11.6 Å². The van der Waals surface area contributed by atoms with E-state index in [0.717, 1.165) is 50.2 Å². The zero-order valence-corrected chi connectivity index (χ0v) is 12.5. The van der Waals surface area contributed by atoms with Crippen molar-refractivity contribution in [2.45, 2.75) is 46.1 Å². The molecule has 0 aliphatic heterocycles. The Kier molecular flexibility index (Phi) is 4.94. The topological polar surface area (TPSA) is 43.8 Å². The smallest absolute Gasteiger partial charge is 0.159 e. The maximum atomic E-state index is 13.4. The molecule has 0 amide bonds. The average Bonchev–Trinajstić information content (AvgIpc) is 2.77. The molecule has 0 bridgehead atoms. The number of halogens is 2. The molecule has 0 unspecified atom stereocenters. The maximum Gasteiger partial charge on any atom is 0.159 e. The number of nitrogens with zero attached hydrogens (tertiary/aromatic N) is 2. The molecule has 0 atom stereocenters. The van der Waals surface area contributed by atoms with E-state index in [1.54, 1.807) is 0 Å². The highest BCUT2D eigenvalue weighted by molar-refractivity contribution is 5.71. The van der Waals surface area contributed by atoms with Crippen molar-refractivity contribution < 1.29 is 8.78 Å². The fraction of sp³-hybridized carbons (Fsp3) is 0.438. The SMILES string of the molecule is CCCCn1c(CCC)nc(-c2ccc(F)c(F)c2)c1N. The molecular weight excluding hydrogens is 272 g/mol. The Labute approximate surface area is 123 Å². The number of unbranched alkanes of at least 4 members (excludes halogenated alkanes) is 1. The molecule has 5 heteroatoms. The third kappa shape index (κ3) is 3.23. The van der Waals surface area contributed by atoms with Crippen molar-refractivity contribution in [2.75, 3.05) is 5.73 Å². The second-order valence-corrected chi connectivity index (χ2v) is 5.15. The van der Waals surface area contributed by atoms with E-state index in [9.17, 15) is 8.78 Å². The molecule has 0 fully saturated rings. The van der Waals surface area contributed by atoms with Gasteiger partial charge in [0.1, 0.15) is 17.3 Å². The highest BCUT2D eigenvalue weighted by Crippen LogP contribution is 2.28. The van der Waals surface area contributed by atoms with Crippen LogP contribution in [-0.4, -0.2) is 9.55 Å². The second-order valence-electron chi connectivity index (χ2n) is 5.15.